The molecule has 0 saturated carbocycles. The summed E-state index contributed by atoms with van der Waals surface area (Å²) in [5, 5.41) is 3.04. The summed E-state index contributed by atoms with van der Waals surface area (Å²) in [6, 6.07) is 7.67. The van der Waals surface area contributed by atoms with Crippen molar-refractivity contribution in [2.24, 2.45) is 5.92 Å². The molecule has 0 aliphatic heterocycles. The number of thiazole rings is 1. The predicted octanol–water partition coefficient (Wildman–Crippen LogP) is 2.87. The molecular formula is C18H16N4O3S. The van der Waals surface area contributed by atoms with Gasteiger partial charge < -0.3 is 4.74 Å². The van der Waals surface area contributed by atoms with E-state index in [0.29, 0.717) is 29.3 Å². The molecule has 4 rings (SSSR count). The molecule has 8 heteroatoms. The van der Waals surface area contributed by atoms with Crippen molar-refractivity contribution in [2.45, 2.75) is 19.8 Å². The number of hydrogen-bond acceptors (Lipinski definition) is 7. The van der Waals surface area contributed by atoms with Gasteiger partial charge in [-0.1, -0.05) is 30.4 Å². The molecule has 1 N–H and O–H groups in total. The number of ether oxygens (including phenoxy) is 1. The first-order valence-corrected chi connectivity index (χ1v) is 9.07. The van der Waals surface area contributed by atoms with Crippen LogP contribution in [0.5, 0.6) is 5.19 Å². The van der Waals surface area contributed by atoms with Gasteiger partial charge in [-0.25, -0.2) is 15.0 Å². The molecule has 1 atom stereocenters. The number of nitrogens with zero attached hydrogens (tertiary/aromatic N) is 3. The molecule has 0 saturated heterocycles. The van der Waals surface area contributed by atoms with Crippen LogP contribution in [-0.2, 0) is 11.2 Å². The Bertz CT molecular complexity index is 968. The third-order valence-corrected chi connectivity index (χ3v) is 5.04. The largest absolute Gasteiger partial charge is 0.460 e. The SMILES string of the molecule is C[C@H]1CC(=O)c2cnc(NC(=O)COc3nc4ccccc4s3)nc2C1. The van der Waals surface area contributed by atoms with Crippen LogP contribution in [-0.4, -0.2) is 33.2 Å². The van der Waals surface area contributed by atoms with Gasteiger partial charge in [0.25, 0.3) is 11.1 Å². The summed E-state index contributed by atoms with van der Waals surface area (Å²) in [5.74, 6) is 0.106. The van der Waals surface area contributed by atoms with Crippen molar-refractivity contribution in [1.82, 2.24) is 15.0 Å². The molecule has 0 bridgehead atoms. The van der Waals surface area contributed by atoms with Crippen LogP contribution in [0.2, 0.25) is 0 Å². The number of amides is 1. The number of aromatic nitrogens is 3. The number of anilines is 1. The zero-order valence-corrected chi connectivity index (χ0v) is 14.9. The minimum absolute atomic E-state index is 0.0517. The molecule has 2 heterocycles. The molecule has 2 aromatic heterocycles. The highest BCUT2D eigenvalue weighted by atomic mass is 32.1. The summed E-state index contributed by atoms with van der Waals surface area (Å²) in [6.45, 7) is 1.82. The van der Waals surface area contributed by atoms with Gasteiger partial charge in [0.05, 0.1) is 21.5 Å². The summed E-state index contributed by atoms with van der Waals surface area (Å²) in [6.07, 6.45) is 2.70. The third-order valence-electron chi connectivity index (χ3n) is 4.10. The highest BCUT2D eigenvalue weighted by Crippen LogP contribution is 2.27. The summed E-state index contributed by atoms with van der Waals surface area (Å²) in [5.41, 5.74) is 2.07. The molecule has 0 radical (unpaired) electrons. The summed E-state index contributed by atoms with van der Waals surface area (Å²) in [4.78, 5) is 36.8. The molecule has 1 aliphatic rings. The first kappa shape index (κ1) is 16.6. The Kier molecular flexibility index (Phi) is 4.34. The van der Waals surface area contributed by atoms with E-state index >= 15 is 0 Å². The van der Waals surface area contributed by atoms with Crippen LogP contribution in [0.1, 0.15) is 29.4 Å². The average Bonchev–Trinajstić information content (AvgIpc) is 3.02. The Morgan fingerprint density at radius 2 is 2.15 bits per heavy atom. The minimum atomic E-state index is -0.376. The first-order valence-electron chi connectivity index (χ1n) is 8.26. The number of rotatable bonds is 4. The average molecular weight is 368 g/mol. The monoisotopic (exact) mass is 368 g/mol. The zero-order valence-electron chi connectivity index (χ0n) is 14.1. The maximum absolute atomic E-state index is 12.1. The lowest BCUT2D eigenvalue weighted by molar-refractivity contribution is -0.118. The lowest BCUT2D eigenvalue weighted by Gasteiger charge is -2.19. The number of hydrogen-bond donors (Lipinski definition) is 1. The highest BCUT2D eigenvalue weighted by molar-refractivity contribution is 7.20. The Morgan fingerprint density at radius 1 is 1.31 bits per heavy atom. The second-order valence-corrected chi connectivity index (χ2v) is 7.27. The smallest absolute Gasteiger partial charge is 0.274 e. The van der Waals surface area contributed by atoms with Gasteiger partial charge in [-0.15, -0.1) is 0 Å². The van der Waals surface area contributed by atoms with E-state index in [2.05, 4.69) is 20.3 Å². The molecule has 1 amide bonds. The number of benzene rings is 1. The molecule has 0 spiro atoms. The van der Waals surface area contributed by atoms with Crippen molar-refractivity contribution in [3.8, 4) is 5.19 Å². The number of nitrogens with one attached hydrogen (secondary N) is 1. The van der Waals surface area contributed by atoms with E-state index in [0.717, 1.165) is 10.2 Å². The second kappa shape index (κ2) is 6.80. The number of para-hydroxylation sites is 1. The van der Waals surface area contributed by atoms with Crippen LogP contribution in [0.25, 0.3) is 10.2 Å². The van der Waals surface area contributed by atoms with Crippen molar-refractivity contribution in [3.05, 3.63) is 41.7 Å². The predicted molar refractivity (Wildman–Crippen MR) is 97.6 cm³/mol. The van der Waals surface area contributed by atoms with Gasteiger partial charge in [-0.05, 0) is 24.5 Å². The Labute approximate surface area is 153 Å². The van der Waals surface area contributed by atoms with Gasteiger partial charge in [0.1, 0.15) is 0 Å². The van der Waals surface area contributed by atoms with E-state index in [1.54, 1.807) is 0 Å². The number of Topliss-reactive ketones (excluding diaryl/α,β-unsaturated/α-hetero) is 1. The fourth-order valence-corrected chi connectivity index (χ4v) is 3.71. The maximum atomic E-state index is 12.1. The molecule has 1 aromatic carbocycles. The third kappa shape index (κ3) is 3.41. The number of fused-ring (bicyclic) bond motifs is 2. The van der Waals surface area contributed by atoms with Crippen LogP contribution >= 0.6 is 11.3 Å². The van der Waals surface area contributed by atoms with Crippen molar-refractivity contribution < 1.29 is 14.3 Å². The fourth-order valence-electron chi connectivity index (χ4n) is 2.90. The number of carbonyl (C=O) groups excluding carboxylic acids is 2. The van der Waals surface area contributed by atoms with Crippen LogP contribution in [0.4, 0.5) is 5.95 Å². The van der Waals surface area contributed by atoms with Crippen molar-refractivity contribution in [1.29, 1.82) is 0 Å². The Hall–Kier alpha value is -2.87. The van der Waals surface area contributed by atoms with E-state index in [-0.39, 0.29) is 30.2 Å². The Balaban J connectivity index is 1.40. The van der Waals surface area contributed by atoms with Gasteiger partial charge in [0, 0.05) is 12.6 Å². The number of ketones is 1. The second-order valence-electron chi connectivity index (χ2n) is 6.27. The molecule has 132 valence electrons. The van der Waals surface area contributed by atoms with Crippen molar-refractivity contribution in [2.75, 3.05) is 11.9 Å². The van der Waals surface area contributed by atoms with Gasteiger partial charge in [0.2, 0.25) is 5.95 Å². The quantitative estimate of drug-likeness (QED) is 0.761. The van der Waals surface area contributed by atoms with Crippen LogP contribution in [0.15, 0.2) is 30.5 Å². The van der Waals surface area contributed by atoms with Gasteiger partial charge in [-0.3, -0.25) is 14.9 Å². The van der Waals surface area contributed by atoms with Gasteiger partial charge in [-0.2, -0.15) is 0 Å². The molecule has 26 heavy (non-hydrogen) atoms. The summed E-state index contributed by atoms with van der Waals surface area (Å²) < 4.78 is 6.46. The van der Waals surface area contributed by atoms with Crippen LogP contribution in [0, 0.1) is 5.92 Å². The molecule has 7 nitrogen and oxygen atoms in total. The minimum Gasteiger partial charge on any atom is -0.460 e. The first-order chi connectivity index (χ1) is 12.6. The van der Waals surface area contributed by atoms with E-state index < -0.39 is 0 Å². The number of carbonyl (C=O) groups is 2. The molecule has 3 aromatic rings. The summed E-state index contributed by atoms with van der Waals surface area (Å²) >= 11 is 1.38. The van der Waals surface area contributed by atoms with Gasteiger partial charge >= 0.3 is 0 Å². The standard InChI is InChI=1S/C18H16N4O3S/c1-10-6-13-11(14(23)7-10)8-19-17(20-13)22-16(24)9-25-18-21-12-4-2-3-5-15(12)26-18/h2-5,8,10H,6-7,9H2,1H3,(H,19,20,22,24)/t10-/m1/s1. The molecule has 1 aliphatic carbocycles. The van der Waals surface area contributed by atoms with E-state index in [1.165, 1.54) is 17.5 Å². The lowest BCUT2D eigenvalue weighted by atomic mass is 9.88. The normalized spacial score (nSPS) is 16.3. The Morgan fingerprint density at radius 3 is 3.00 bits per heavy atom. The molecular weight excluding hydrogens is 352 g/mol. The van der Waals surface area contributed by atoms with E-state index in [1.807, 2.05) is 31.2 Å². The van der Waals surface area contributed by atoms with E-state index in [9.17, 15) is 9.59 Å². The van der Waals surface area contributed by atoms with Crippen LogP contribution in [0.3, 0.4) is 0 Å². The van der Waals surface area contributed by atoms with Crippen LogP contribution < -0.4 is 10.1 Å². The maximum Gasteiger partial charge on any atom is 0.274 e. The highest BCUT2D eigenvalue weighted by Gasteiger charge is 2.24. The molecule has 0 fully saturated rings. The van der Waals surface area contributed by atoms with E-state index in [4.69, 9.17) is 4.74 Å². The topological polar surface area (TPSA) is 94.1 Å². The van der Waals surface area contributed by atoms with Gasteiger partial charge in [0.15, 0.2) is 12.4 Å². The van der Waals surface area contributed by atoms with Crippen molar-refractivity contribution in [3.63, 3.8) is 0 Å². The summed E-state index contributed by atoms with van der Waals surface area (Å²) in [7, 11) is 0. The fraction of sp³-hybridized carbons (Fsp3) is 0.278. The zero-order chi connectivity index (χ0) is 18.1. The lowest BCUT2D eigenvalue weighted by Crippen LogP contribution is -2.24. The van der Waals surface area contributed by atoms with Crippen molar-refractivity contribution >= 4 is 39.2 Å². The molecule has 0 unspecified atom stereocenters.